The topological polar surface area (TPSA) is 55.1 Å². The lowest BCUT2D eigenvalue weighted by atomic mass is 10.0. The first-order chi connectivity index (χ1) is 10.2. The normalized spacial score (nSPS) is 10.4. The van der Waals surface area contributed by atoms with E-state index in [1.54, 1.807) is 6.07 Å². The first kappa shape index (κ1) is 15.2. The summed E-state index contributed by atoms with van der Waals surface area (Å²) in [6.07, 6.45) is 0.929. The second-order valence-electron chi connectivity index (χ2n) is 4.88. The lowest BCUT2D eigenvalue weighted by Crippen LogP contribution is -2.27. The summed E-state index contributed by atoms with van der Waals surface area (Å²) in [5.74, 6) is -0.303. The number of hydrogen-bond donors (Lipinski definition) is 2. The molecule has 2 aromatic rings. The maximum absolute atomic E-state index is 13.0. The van der Waals surface area contributed by atoms with Crippen LogP contribution in [0, 0.1) is 5.82 Å². The summed E-state index contributed by atoms with van der Waals surface area (Å²) in [5, 5.41) is 2.85. The number of nitrogens with one attached hydrogen (secondary N) is 1. The molecule has 0 atom stereocenters. The molecule has 4 heteroatoms. The van der Waals surface area contributed by atoms with Crippen molar-refractivity contribution in [1.82, 2.24) is 5.32 Å². The fourth-order valence-corrected chi connectivity index (χ4v) is 2.20. The fourth-order valence-electron chi connectivity index (χ4n) is 2.20. The van der Waals surface area contributed by atoms with E-state index in [9.17, 15) is 9.18 Å². The van der Waals surface area contributed by atoms with Gasteiger partial charge in [0.2, 0.25) is 5.91 Å². The van der Waals surface area contributed by atoms with Gasteiger partial charge in [0.1, 0.15) is 5.82 Å². The van der Waals surface area contributed by atoms with E-state index in [-0.39, 0.29) is 11.7 Å². The predicted molar refractivity (Wildman–Crippen MR) is 81.2 cm³/mol. The van der Waals surface area contributed by atoms with Crippen molar-refractivity contribution in [2.75, 3.05) is 6.54 Å². The minimum absolute atomic E-state index is 0.0488. The fraction of sp³-hybridized carbons (Fsp3) is 0.235. The van der Waals surface area contributed by atoms with Crippen LogP contribution in [0.25, 0.3) is 0 Å². The van der Waals surface area contributed by atoms with E-state index in [1.165, 1.54) is 12.1 Å². The molecule has 3 nitrogen and oxygen atoms in total. The highest BCUT2D eigenvalue weighted by atomic mass is 19.1. The Morgan fingerprint density at radius 3 is 2.57 bits per heavy atom. The molecule has 2 aromatic carbocycles. The molecule has 0 fully saturated rings. The van der Waals surface area contributed by atoms with E-state index in [0.717, 1.165) is 16.7 Å². The molecular formula is C17H19FN2O. The van der Waals surface area contributed by atoms with Crippen molar-refractivity contribution in [3.63, 3.8) is 0 Å². The number of rotatable bonds is 6. The Bertz CT molecular complexity index is 613. The van der Waals surface area contributed by atoms with E-state index in [1.807, 2.05) is 30.3 Å². The summed E-state index contributed by atoms with van der Waals surface area (Å²) in [6.45, 7) is 0.916. The minimum atomic E-state index is -0.254. The first-order valence-electron chi connectivity index (χ1n) is 6.97. The Morgan fingerprint density at radius 2 is 1.86 bits per heavy atom. The highest BCUT2D eigenvalue weighted by molar-refractivity contribution is 5.78. The van der Waals surface area contributed by atoms with E-state index < -0.39 is 0 Å². The third-order valence-corrected chi connectivity index (χ3v) is 3.31. The van der Waals surface area contributed by atoms with Gasteiger partial charge >= 0.3 is 0 Å². The van der Waals surface area contributed by atoms with Crippen LogP contribution in [0.3, 0.4) is 0 Å². The lowest BCUT2D eigenvalue weighted by molar-refractivity contribution is -0.120. The molecule has 3 N–H and O–H groups in total. The third-order valence-electron chi connectivity index (χ3n) is 3.31. The molecule has 1 amide bonds. The van der Waals surface area contributed by atoms with Crippen LogP contribution >= 0.6 is 0 Å². The third kappa shape index (κ3) is 4.68. The smallest absolute Gasteiger partial charge is 0.224 e. The van der Waals surface area contributed by atoms with Crippen molar-refractivity contribution in [3.8, 4) is 0 Å². The first-order valence-corrected chi connectivity index (χ1v) is 6.97. The molecule has 0 bridgehead atoms. The summed E-state index contributed by atoms with van der Waals surface area (Å²) in [4.78, 5) is 11.9. The number of halogens is 1. The zero-order chi connectivity index (χ0) is 15.1. The number of amides is 1. The Balaban J connectivity index is 1.82. The average molecular weight is 286 g/mol. The molecule has 2 rings (SSSR count). The molecule has 0 aromatic heterocycles. The molecule has 110 valence electrons. The summed E-state index contributed by atoms with van der Waals surface area (Å²) in [7, 11) is 0. The van der Waals surface area contributed by atoms with Gasteiger partial charge in [0.25, 0.3) is 0 Å². The van der Waals surface area contributed by atoms with Crippen LogP contribution in [0.2, 0.25) is 0 Å². The van der Waals surface area contributed by atoms with Gasteiger partial charge in [-0.1, -0.05) is 36.4 Å². The molecule has 0 saturated carbocycles. The highest BCUT2D eigenvalue weighted by Crippen LogP contribution is 2.08. The monoisotopic (exact) mass is 286 g/mol. The van der Waals surface area contributed by atoms with Gasteiger partial charge in [-0.2, -0.15) is 0 Å². The molecule has 0 saturated heterocycles. The van der Waals surface area contributed by atoms with Crippen LogP contribution in [0.4, 0.5) is 4.39 Å². The zero-order valence-electron chi connectivity index (χ0n) is 11.8. The van der Waals surface area contributed by atoms with Crippen molar-refractivity contribution in [1.29, 1.82) is 0 Å². The van der Waals surface area contributed by atoms with Crippen molar-refractivity contribution in [2.45, 2.75) is 19.4 Å². The van der Waals surface area contributed by atoms with Gasteiger partial charge < -0.3 is 11.1 Å². The molecular weight excluding hydrogens is 267 g/mol. The molecule has 0 aliphatic carbocycles. The molecule has 0 unspecified atom stereocenters. The summed E-state index contributed by atoms with van der Waals surface area (Å²) in [6, 6.07) is 14.1. The lowest BCUT2D eigenvalue weighted by Gasteiger charge is -2.08. The van der Waals surface area contributed by atoms with Gasteiger partial charge in [-0.3, -0.25) is 4.79 Å². The second kappa shape index (κ2) is 7.55. The summed E-state index contributed by atoms with van der Waals surface area (Å²) in [5.41, 5.74) is 8.45. The van der Waals surface area contributed by atoms with Gasteiger partial charge in [-0.25, -0.2) is 4.39 Å². The number of carbonyl (C=O) groups excluding carboxylic acids is 1. The molecule has 0 aliphatic heterocycles. The van der Waals surface area contributed by atoms with Gasteiger partial charge in [0.05, 0.1) is 6.42 Å². The van der Waals surface area contributed by atoms with Crippen molar-refractivity contribution in [3.05, 3.63) is 71.0 Å². The minimum Gasteiger partial charge on any atom is -0.355 e. The van der Waals surface area contributed by atoms with E-state index >= 15 is 0 Å². The van der Waals surface area contributed by atoms with Gasteiger partial charge in [-0.05, 0) is 35.2 Å². The van der Waals surface area contributed by atoms with Crippen molar-refractivity contribution >= 4 is 5.91 Å². The van der Waals surface area contributed by atoms with E-state index in [4.69, 9.17) is 5.73 Å². The van der Waals surface area contributed by atoms with E-state index in [2.05, 4.69) is 5.32 Å². The van der Waals surface area contributed by atoms with Crippen LogP contribution in [0.5, 0.6) is 0 Å². The van der Waals surface area contributed by atoms with Gasteiger partial charge in [0.15, 0.2) is 0 Å². The Hall–Kier alpha value is -2.20. The Morgan fingerprint density at radius 1 is 1.10 bits per heavy atom. The number of hydrogen-bond acceptors (Lipinski definition) is 2. The number of benzene rings is 2. The molecule has 21 heavy (non-hydrogen) atoms. The van der Waals surface area contributed by atoms with Gasteiger partial charge in [0, 0.05) is 13.1 Å². The highest BCUT2D eigenvalue weighted by Gasteiger charge is 2.06. The number of nitrogens with two attached hydrogens (primary N) is 1. The summed E-state index contributed by atoms with van der Waals surface area (Å²) < 4.78 is 13.0. The molecule has 0 heterocycles. The SMILES string of the molecule is NCc1ccccc1CC(=O)NCCc1cccc(F)c1. The molecule has 0 radical (unpaired) electrons. The quantitative estimate of drug-likeness (QED) is 0.855. The average Bonchev–Trinajstić information content (AvgIpc) is 2.48. The zero-order valence-corrected chi connectivity index (χ0v) is 11.8. The Kier molecular flexibility index (Phi) is 5.46. The standard InChI is InChI=1S/C17H19FN2O/c18-16-7-3-4-13(10-16)8-9-20-17(21)11-14-5-1-2-6-15(14)12-19/h1-7,10H,8-9,11-12,19H2,(H,20,21). The second-order valence-corrected chi connectivity index (χ2v) is 4.88. The molecule has 0 aliphatic rings. The molecule has 0 spiro atoms. The summed E-state index contributed by atoms with van der Waals surface area (Å²) >= 11 is 0. The van der Waals surface area contributed by atoms with Crippen LogP contribution in [-0.4, -0.2) is 12.5 Å². The maximum atomic E-state index is 13.0. The van der Waals surface area contributed by atoms with Gasteiger partial charge in [-0.15, -0.1) is 0 Å². The van der Waals surface area contributed by atoms with Crippen molar-refractivity contribution in [2.24, 2.45) is 5.73 Å². The van der Waals surface area contributed by atoms with Crippen LogP contribution in [0.15, 0.2) is 48.5 Å². The number of carbonyl (C=O) groups is 1. The van der Waals surface area contributed by atoms with Crippen molar-refractivity contribution < 1.29 is 9.18 Å². The van der Waals surface area contributed by atoms with Crippen LogP contribution < -0.4 is 11.1 Å². The largest absolute Gasteiger partial charge is 0.355 e. The van der Waals surface area contributed by atoms with E-state index in [0.29, 0.717) is 25.9 Å². The Labute approximate surface area is 124 Å². The van der Waals surface area contributed by atoms with Crippen LogP contribution in [0.1, 0.15) is 16.7 Å². The maximum Gasteiger partial charge on any atom is 0.224 e. The van der Waals surface area contributed by atoms with Crippen LogP contribution in [-0.2, 0) is 24.2 Å². The predicted octanol–water partition coefficient (Wildman–Crippen LogP) is 2.19.